The van der Waals surface area contributed by atoms with Crippen LogP contribution in [0.4, 0.5) is 0 Å². The third-order valence-electron chi connectivity index (χ3n) is 4.07. The molecule has 134 valence electrons. The minimum atomic E-state index is -0.221. The van der Waals surface area contributed by atoms with Gasteiger partial charge in [-0.3, -0.25) is 9.69 Å². The zero-order valence-electron chi connectivity index (χ0n) is 15.5. The highest BCUT2D eigenvalue weighted by molar-refractivity contribution is 5.76. The average Bonchev–Trinajstić information content (AvgIpc) is 2.45. The molecule has 0 bridgehead atoms. The molecule has 1 heterocycles. The van der Waals surface area contributed by atoms with Crippen LogP contribution in [0.3, 0.4) is 0 Å². The molecular formula is C19H30N2O3. The summed E-state index contributed by atoms with van der Waals surface area (Å²) in [5.74, 6) is -0.0262. The second kappa shape index (κ2) is 8.10. The lowest BCUT2D eigenvalue weighted by Gasteiger charge is -2.42. The van der Waals surface area contributed by atoms with Gasteiger partial charge in [0.15, 0.2) is 0 Å². The van der Waals surface area contributed by atoms with Crippen molar-refractivity contribution in [1.82, 2.24) is 9.80 Å². The monoisotopic (exact) mass is 334 g/mol. The highest BCUT2D eigenvalue weighted by Crippen LogP contribution is 2.23. The SMILES string of the molecule is Cc1cccc(CN2C[C@H](COCC(=O)N(C)C)OC(C)(C)C2)c1. The molecule has 1 fully saturated rings. The van der Waals surface area contributed by atoms with E-state index in [1.807, 2.05) is 0 Å². The highest BCUT2D eigenvalue weighted by atomic mass is 16.5. The van der Waals surface area contributed by atoms with Crippen molar-refractivity contribution in [3.05, 3.63) is 35.4 Å². The molecule has 0 radical (unpaired) electrons. The van der Waals surface area contributed by atoms with E-state index in [0.29, 0.717) is 6.61 Å². The van der Waals surface area contributed by atoms with Crippen molar-refractivity contribution in [3.8, 4) is 0 Å². The van der Waals surface area contributed by atoms with Gasteiger partial charge in [0.05, 0.1) is 18.3 Å². The summed E-state index contributed by atoms with van der Waals surface area (Å²) < 4.78 is 11.7. The minimum Gasteiger partial charge on any atom is -0.369 e. The van der Waals surface area contributed by atoms with E-state index >= 15 is 0 Å². The summed E-state index contributed by atoms with van der Waals surface area (Å²) in [7, 11) is 3.46. The van der Waals surface area contributed by atoms with Crippen molar-refractivity contribution >= 4 is 5.91 Å². The lowest BCUT2D eigenvalue weighted by atomic mass is 10.0. The Bertz CT molecular complexity index is 557. The number of aryl methyl sites for hydroxylation is 1. The maximum absolute atomic E-state index is 11.6. The third-order valence-corrected chi connectivity index (χ3v) is 4.07. The van der Waals surface area contributed by atoms with Gasteiger partial charge in [-0.05, 0) is 26.3 Å². The van der Waals surface area contributed by atoms with Crippen molar-refractivity contribution in [3.63, 3.8) is 0 Å². The standard InChI is InChI=1S/C19H30N2O3/c1-15-7-6-8-16(9-15)10-21-11-17(24-19(2,3)14-21)12-23-13-18(22)20(4)5/h6-9,17H,10-14H2,1-5H3/t17-/m1/s1. The molecule has 0 spiro atoms. The van der Waals surface area contributed by atoms with Crippen LogP contribution in [0.2, 0.25) is 0 Å². The van der Waals surface area contributed by atoms with E-state index in [4.69, 9.17) is 9.47 Å². The molecule has 0 aromatic heterocycles. The summed E-state index contributed by atoms with van der Waals surface area (Å²) in [6.45, 7) is 9.47. The molecule has 0 saturated carbocycles. The normalized spacial score (nSPS) is 20.8. The Morgan fingerprint density at radius 3 is 2.83 bits per heavy atom. The molecule has 24 heavy (non-hydrogen) atoms. The summed E-state index contributed by atoms with van der Waals surface area (Å²) in [5.41, 5.74) is 2.37. The van der Waals surface area contributed by atoms with Gasteiger partial charge >= 0.3 is 0 Å². The van der Waals surface area contributed by atoms with Crippen LogP contribution in [0.15, 0.2) is 24.3 Å². The summed E-state index contributed by atoms with van der Waals surface area (Å²) in [6, 6.07) is 8.61. The highest BCUT2D eigenvalue weighted by Gasteiger charge is 2.33. The van der Waals surface area contributed by atoms with Gasteiger partial charge in [0.2, 0.25) is 5.91 Å². The number of benzene rings is 1. The first-order valence-corrected chi connectivity index (χ1v) is 8.49. The number of nitrogens with zero attached hydrogens (tertiary/aromatic N) is 2. The molecule has 2 rings (SSSR count). The number of morpholine rings is 1. The number of hydrogen-bond acceptors (Lipinski definition) is 4. The van der Waals surface area contributed by atoms with Crippen LogP contribution in [0.5, 0.6) is 0 Å². The zero-order chi connectivity index (χ0) is 17.7. The molecule has 1 atom stereocenters. The first-order valence-electron chi connectivity index (χ1n) is 8.49. The van der Waals surface area contributed by atoms with E-state index in [-0.39, 0.29) is 24.2 Å². The Hall–Kier alpha value is -1.43. The van der Waals surface area contributed by atoms with Gasteiger partial charge in [-0.2, -0.15) is 0 Å². The maximum atomic E-state index is 11.6. The molecule has 1 aromatic carbocycles. The van der Waals surface area contributed by atoms with Gasteiger partial charge in [-0.25, -0.2) is 0 Å². The molecule has 1 saturated heterocycles. The Balaban J connectivity index is 1.90. The Morgan fingerprint density at radius 2 is 2.17 bits per heavy atom. The predicted octanol–water partition coefficient (Wildman–Crippen LogP) is 2.08. The Morgan fingerprint density at radius 1 is 1.42 bits per heavy atom. The van der Waals surface area contributed by atoms with Crippen LogP contribution in [-0.2, 0) is 20.8 Å². The lowest BCUT2D eigenvalue weighted by Crippen LogP contribution is -2.53. The van der Waals surface area contributed by atoms with Crippen molar-refractivity contribution in [2.45, 2.75) is 39.0 Å². The molecule has 0 aliphatic carbocycles. The van der Waals surface area contributed by atoms with Gasteiger partial charge < -0.3 is 14.4 Å². The van der Waals surface area contributed by atoms with Gasteiger partial charge in [0.25, 0.3) is 0 Å². The second-order valence-electron chi connectivity index (χ2n) is 7.46. The number of carbonyl (C=O) groups excluding carboxylic acids is 1. The smallest absolute Gasteiger partial charge is 0.248 e. The fourth-order valence-electron chi connectivity index (χ4n) is 3.10. The number of rotatable bonds is 6. The summed E-state index contributed by atoms with van der Waals surface area (Å²) in [4.78, 5) is 15.5. The first-order chi connectivity index (χ1) is 11.2. The van der Waals surface area contributed by atoms with Crippen LogP contribution >= 0.6 is 0 Å². The van der Waals surface area contributed by atoms with Gasteiger partial charge in [-0.15, -0.1) is 0 Å². The zero-order valence-corrected chi connectivity index (χ0v) is 15.5. The summed E-state index contributed by atoms with van der Waals surface area (Å²) in [5, 5.41) is 0. The van der Waals surface area contributed by atoms with Crippen LogP contribution < -0.4 is 0 Å². The predicted molar refractivity (Wildman–Crippen MR) is 94.9 cm³/mol. The first kappa shape index (κ1) is 18.9. The molecule has 5 nitrogen and oxygen atoms in total. The van der Waals surface area contributed by atoms with E-state index in [9.17, 15) is 4.79 Å². The van der Waals surface area contributed by atoms with E-state index in [0.717, 1.165) is 19.6 Å². The van der Waals surface area contributed by atoms with Crippen molar-refractivity contribution < 1.29 is 14.3 Å². The summed E-state index contributed by atoms with van der Waals surface area (Å²) in [6.07, 6.45) is -0.0199. The van der Waals surface area contributed by atoms with E-state index < -0.39 is 0 Å². The van der Waals surface area contributed by atoms with E-state index in [1.165, 1.54) is 16.0 Å². The van der Waals surface area contributed by atoms with E-state index in [2.05, 4.69) is 49.9 Å². The molecule has 1 aliphatic rings. The van der Waals surface area contributed by atoms with Crippen molar-refractivity contribution in [2.24, 2.45) is 0 Å². The van der Waals surface area contributed by atoms with Crippen LogP contribution in [0.25, 0.3) is 0 Å². The fourth-order valence-corrected chi connectivity index (χ4v) is 3.10. The van der Waals surface area contributed by atoms with Gasteiger partial charge in [0.1, 0.15) is 6.61 Å². The number of amides is 1. The molecule has 0 N–H and O–H groups in total. The Kier molecular flexibility index (Phi) is 6.38. The van der Waals surface area contributed by atoms with Crippen LogP contribution in [-0.4, -0.2) is 67.8 Å². The molecule has 1 amide bonds. The van der Waals surface area contributed by atoms with Crippen LogP contribution in [0.1, 0.15) is 25.0 Å². The summed E-state index contributed by atoms with van der Waals surface area (Å²) >= 11 is 0. The number of carbonyl (C=O) groups is 1. The molecule has 5 heteroatoms. The molecule has 0 unspecified atom stereocenters. The lowest BCUT2D eigenvalue weighted by molar-refractivity contribution is -0.161. The Labute approximate surface area is 145 Å². The fraction of sp³-hybridized carbons (Fsp3) is 0.632. The quantitative estimate of drug-likeness (QED) is 0.799. The maximum Gasteiger partial charge on any atom is 0.248 e. The van der Waals surface area contributed by atoms with Crippen molar-refractivity contribution in [1.29, 1.82) is 0 Å². The molecule has 1 aromatic rings. The topological polar surface area (TPSA) is 42.0 Å². The third kappa shape index (κ3) is 5.89. The van der Waals surface area contributed by atoms with E-state index in [1.54, 1.807) is 14.1 Å². The number of ether oxygens (including phenoxy) is 2. The second-order valence-corrected chi connectivity index (χ2v) is 7.46. The molecular weight excluding hydrogens is 304 g/mol. The number of likely N-dealkylation sites (N-methyl/N-ethyl adjacent to an activating group) is 1. The number of hydrogen-bond donors (Lipinski definition) is 0. The largest absolute Gasteiger partial charge is 0.369 e. The van der Waals surface area contributed by atoms with Gasteiger partial charge in [-0.1, -0.05) is 29.8 Å². The van der Waals surface area contributed by atoms with Gasteiger partial charge in [0, 0.05) is 33.7 Å². The molecule has 1 aliphatic heterocycles. The van der Waals surface area contributed by atoms with Crippen molar-refractivity contribution in [2.75, 3.05) is 40.4 Å². The minimum absolute atomic E-state index is 0.0199. The van der Waals surface area contributed by atoms with Crippen LogP contribution in [0, 0.1) is 6.92 Å². The average molecular weight is 334 g/mol.